The second kappa shape index (κ2) is 8.78. The molecule has 0 saturated heterocycles. The summed E-state index contributed by atoms with van der Waals surface area (Å²) in [5.74, 6) is 3.35. The molecule has 1 saturated carbocycles. The average molecular weight is 346 g/mol. The Balaban J connectivity index is 0.000000200. The molecule has 2 aliphatic rings. The Labute approximate surface area is 143 Å². The summed E-state index contributed by atoms with van der Waals surface area (Å²) in [5.41, 5.74) is 3.09. The van der Waals surface area contributed by atoms with E-state index in [1.807, 2.05) is 0 Å². The van der Waals surface area contributed by atoms with E-state index in [2.05, 4.69) is 63.3 Å². The fourth-order valence-electron chi connectivity index (χ4n) is 3.26. The van der Waals surface area contributed by atoms with Gasteiger partial charge in [-0.05, 0) is 12.3 Å². The summed E-state index contributed by atoms with van der Waals surface area (Å²) in [5, 5.41) is 0. The van der Waals surface area contributed by atoms with Gasteiger partial charge in [-0.25, -0.2) is 29.7 Å². The number of fused-ring (bicyclic) bond motifs is 1. The Hall–Kier alpha value is -0.417. The molecule has 3 rings (SSSR count). The zero-order valence-electron chi connectivity index (χ0n) is 13.0. The summed E-state index contributed by atoms with van der Waals surface area (Å²) in [6.07, 6.45) is 11.9. The van der Waals surface area contributed by atoms with E-state index in [9.17, 15) is 0 Å². The standard InChI is InChI=1S/C11H15.C8H11.Zr/c1-8-7-9(2)11-6-4-3-5-10(8)11;1-2-5-8-6-3-4-7-8;/h3-5,9,11H,6-7H2,1-2H3;3-4,6-7H,2,5H2,1H3;/q2*-1;+2. The van der Waals surface area contributed by atoms with Gasteiger partial charge in [0.25, 0.3) is 0 Å². The molecule has 0 bridgehead atoms. The predicted octanol–water partition coefficient (Wildman–Crippen LogP) is 5.48. The van der Waals surface area contributed by atoms with Crippen LogP contribution in [0.15, 0.2) is 48.1 Å². The van der Waals surface area contributed by atoms with Crippen molar-refractivity contribution in [2.45, 2.75) is 46.5 Å². The van der Waals surface area contributed by atoms with Crippen molar-refractivity contribution >= 4 is 0 Å². The molecule has 0 nitrogen and oxygen atoms in total. The smallest absolute Gasteiger partial charge is 0.215 e. The van der Waals surface area contributed by atoms with Crippen LogP contribution in [0.4, 0.5) is 0 Å². The summed E-state index contributed by atoms with van der Waals surface area (Å²) in [7, 11) is 0. The van der Waals surface area contributed by atoms with Crippen molar-refractivity contribution < 1.29 is 26.2 Å². The second-order valence-corrected chi connectivity index (χ2v) is 5.90. The molecule has 2 unspecified atom stereocenters. The average Bonchev–Trinajstić information content (AvgIpc) is 3.01. The predicted molar refractivity (Wildman–Crippen MR) is 84.1 cm³/mol. The van der Waals surface area contributed by atoms with Crippen molar-refractivity contribution in [1.82, 2.24) is 0 Å². The van der Waals surface area contributed by atoms with Gasteiger partial charge in [0, 0.05) is 0 Å². The monoisotopic (exact) mass is 344 g/mol. The van der Waals surface area contributed by atoms with Crippen molar-refractivity contribution in [3.05, 3.63) is 59.5 Å². The van der Waals surface area contributed by atoms with Gasteiger partial charge < -0.3 is 0 Å². The van der Waals surface area contributed by atoms with E-state index in [0.717, 1.165) is 11.8 Å². The van der Waals surface area contributed by atoms with Gasteiger partial charge in [0.15, 0.2) is 0 Å². The maximum absolute atomic E-state index is 2.37. The quantitative estimate of drug-likeness (QED) is 0.623. The van der Waals surface area contributed by atoms with Gasteiger partial charge in [0.1, 0.15) is 0 Å². The minimum absolute atomic E-state index is 0. The molecule has 20 heavy (non-hydrogen) atoms. The van der Waals surface area contributed by atoms with Gasteiger partial charge in [-0.2, -0.15) is 17.7 Å². The van der Waals surface area contributed by atoms with Crippen LogP contribution in [0.2, 0.25) is 0 Å². The van der Waals surface area contributed by atoms with Crippen LogP contribution in [-0.2, 0) is 32.6 Å². The third-order valence-electron chi connectivity index (χ3n) is 4.28. The van der Waals surface area contributed by atoms with Crippen LogP contribution >= 0.6 is 0 Å². The van der Waals surface area contributed by atoms with Crippen LogP contribution in [0.5, 0.6) is 0 Å². The summed E-state index contributed by atoms with van der Waals surface area (Å²) < 4.78 is 0. The van der Waals surface area contributed by atoms with Crippen molar-refractivity contribution in [3.63, 3.8) is 0 Å². The van der Waals surface area contributed by atoms with E-state index < -0.39 is 0 Å². The molecule has 0 heterocycles. The molecular formula is C19H26Zr. The van der Waals surface area contributed by atoms with Crippen LogP contribution in [0.3, 0.4) is 0 Å². The molecule has 2 aliphatic carbocycles. The van der Waals surface area contributed by atoms with Gasteiger partial charge in [-0.1, -0.05) is 39.0 Å². The van der Waals surface area contributed by atoms with Crippen LogP contribution in [0.1, 0.15) is 45.6 Å². The molecule has 0 N–H and O–H groups in total. The third kappa shape index (κ3) is 4.55. The van der Waals surface area contributed by atoms with E-state index in [1.165, 1.54) is 31.2 Å². The number of rotatable bonds is 2. The van der Waals surface area contributed by atoms with Crippen molar-refractivity contribution in [3.8, 4) is 0 Å². The molecule has 1 heteroatoms. The number of hydrogen-bond donors (Lipinski definition) is 0. The Morgan fingerprint density at radius 2 is 1.95 bits per heavy atom. The van der Waals surface area contributed by atoms with E-state index in [-0.39, 0.29) is 26.2 Å². The molecule has 1 aromatic carbocycles. The largest absolute Gasteiger partial charge is 2.00 e. The van der Waals surface area contributed by atoms with Crippen molar-refractivity contribution in [2.24, 2.45) is 11.8 Å². The van der Waals surface area contributed by atoms with Gasteiger partial charge in [0.2, 0.25) is 0 Å². The molecule has 1 fully saturated rings. The van der Waals surface area contributed by atoms with Gasteiger partial charge in [-0.3, -0.25) is 0 Å². The first-order chi connectivity index (χ1) is 9.22. The van der Waals surface area contributed by atoms with E-state index in [0.29, 0.717) is 0 Å². The summed E-state index contributed by atoms with van der Waals surface area (Å²) >= 11 is 0. The molecular weight excluding hydrogens is 319 g/mol. The molecule has 0 spiro atoms. The second-order valence-electron chi connectivity index (χ2n) is 5.90. The van der Waals surface area contributed by atoms with Crippen LogP contribution in [-0.4, -0.2) is 0 Å². The Kier molecular flexibility index (Phi) is 7.74. The SMILES string of the molecule is CCC[c-]1cccc1.C[C-]1CC(C)C2CC=CC=C12.[Zr+2]. The first kappa shape index (κ1) is 17.6. The summed E-state index contributed by atoms with van der Waals surface area (Å²) in [6, 6.07) is 8.52. The molecule has 2 atom stereocenters. The van der Waals surface area contributed by atoms with E-state index >= 15 is 0 Å². The maximum Gasteiger partial charge on any atom is 2.00 e. The molecule has 0 aromatic heterocycles. The van der Waals surface area contributed by atoms with Crippen LogP contribution in [0, 0.1) is 17.8 Å². The maximum atomic E-state index is 2.37. The minimum Gasteiger partial charge on any atom is -0.215 e. The third-order valence-corrected chi connectivity index (χ3v) is 4.28. The van der Waals surface area contributed by atoms with E-state index in [4.69, 9.17) is 0 Å². The number of aryl methyl sites for hydroxylation is 1. The molecule has 0 amide bonds. The van der Waals surface area contributed by atoms with Crippen LogP contribution in [0.25, 0.3) is 0 Å². The first-order valence-corrected chi connectivity index (χ1v) is 7.62. The number of hydrogen-bond acceptors (Lipinski definition) is 0. The topological polar surface area (TPSA) is 0 Å². The Bertz CT molecular complexity index is 425. The van der Waals surface area contributed by atoms with Gasteiger partial charge >= 0.3 is 26.2 Å². The van der Waals surface area contributed by atoms with Crippen molar-refractivity contribution in [1.29, 1.82) is 0 Å². The van der Waals surface area contributed by atoms with Crippen molar-refractivity contribution in [2.75, 3.05) is 0 Å². The Morgan fingerprint density at radius 3 is 2.55 bits per heavy atom. The fraction of sp³-hybridized carbons (Fsp3) is 0.474. The molecule has 0 radical (unpaired) electrons. The Morgan fingerprint density at radius 1 is 1.25 bits per heavy atom. The van der Waals surface area contributed by atoms with E-state index in [1.54, 1.807) is 11.5 Å². The molecule has 0 aliphatic heterocycles. The van der Waals surface area contributed by atoms with Gasteiger partial charge in [-0.15, -0.1) is 19.1 Å². The molecule has 1 aromatic rings. The summed E-state index contributed by atoms with van der Waals surface area (Å²) in [6.45, 7) is 6.85. The minimum atomic E-state index is 0. The first-order valence-electron chi connectivity index (χ1n) is 7.62. The normalized spacial score (nSPS) is 23.4. The zero-order chi connectivity index (χ0) is 13.7. The number of allylic oxidation sites excluding steroid dienone is 4. The van der Waals surface area contributed by atoms with Crippen LogP contribution < -0.4 is 0 Å². The molecule has 106 valence electrons. The fourth-order valence-corrected chi connectivity index (χ4v) is 3.26. The van der Waals surface area contributed by atoms with Gasteiger partial charge in [0.05, 0.1) is 0 Å². The summed E-state index contributed by atoms with van der Waals surface area (Å²) in [4.78, 5) is 0. The zero-order valence-corrected chi connectivity index (χ0v) is 15.5.